The van der Waals surface area contributed by atoms with E-state index >= 15 is 0 Å². The van der Waals surface area contributed by atoms with Gasteiger partial charge in [0.1, 0.15) is 6.61 Å². The summed E-state index contributed by atoms with van der Waals surface area (Å²) in [6, 6.07) is 2.38. The van der Waals surface area contributed by atoms with Gasteiger partial charge in [-0.15, -0.1) is 0 Å². The Bertz CT molecular complexity index is 411. The van der Waals surface area contributed by atoms with Crippen molar-refractivity contribution in [2.45, 2.75) is 71.1 Å². The lowest BCUT2D eigenvalue weighted by atomic mass is 9.82. The third kappa shape index (κ3) is 5.19. The Labute approximate surface area is 129 Å². The van der Waals surface area contributed by atoms with Gasteiger partial charge in [-0.3, -0.25) is 0 Å². The summed E-state index contributed by atoms with van der Waals surface area (Å²) in [5.41, 5.74) is 1.33. The van der Waals surface area contributed by atoms with Gasteiger partial charge in [0.05, 0.1) is 6.07 Å². The van der Waals surface area contributed by atoms with Crippen LogP contribution in [0, 0.1) is 23.2 Å². The highest BCUT2D eigenvalue weighted by molar-refractivity contribution is 5.80. The summed E-state index contributed by atoms with van der Waals surface area (Å²) in [6.07, 6.45) is 13.8. The van der Waals surface area contributed by atoms with Crippen LogP contribution >= 0.6 is 0 Å². The van der Waals surface area contributed by atoms with E-state index < -0.39 is 0 Å². The summed E-state index contributed by atoms with van der Waals surface area (Å²) in [4.78, 5) is 4.55. The topological polar surface area (TPSA) is 45.4 Å². The molecule has 0 atom stereocenters. The van der Waals surface area contributed by atoms with Crippen LogP contribution in [0.15, 0.2) is 16.8 Å². The van der Waals surface area contributed by atoms with Gasteiger partial charge in [0.25, 0.3) is 0 Å². The highest BCUT2D eigenvalue weighted by atomic mass is 16.5. The minimum Gasteiger partial charge on any atom is -0.476 e. The zero-order valence-corrected chi connectivity index (χ0v) is 13.3. The molecule has 0 aromatic rings. The second-order valence-electron chi connectivity index (χ2n) is 6.39. The van der Waals surface area contributed by atoms with Gasteiger partial charge in [-0.25, -0.2) is 4.99 Å². The highest BCUT2D eigenvalue weighted by Crippen LogP contribution is 2.30. The predicted octanol–water partition coefficient (Wildman–Crippen LogP) is 4.99. The maximum atomic E-state index is 8.94. The number of aliphatic imine (C=N–C) groups is 1. The van der Waals surface area contributed by atoms with Gasteiger partial charge in [-0.1, -0.05) is 32.6 Å². The molecular weight excluding hydrogens is 260 g/mol. The van der Waals surface area contributed by atoms with Crippen LogP contribution < -0.4 is 0 Å². The van der Waals surface area contributed by atoms with Gasteiger partial charge < -0.3 is 4.74 Å². The van der Waals surface area contributed by atoms with E-state index in [1.165, 1.54) is 37.7 Å². The van der Waals surface area contributed by atoms with Crippen molar-refractivity contribution in [2.24, 2.45) is 16.8 Å². The maximum Gasteiger partial charge on any atom is 0.191 e. The van der Waals surface area contributed by atoms with Crippen LogP contribution in [0.4, 0.5) is 0 Å². The second kappa shape index (κ2) is 8.87. The third-order valence-corrected chi connectivity index (χ3v) is 4.64. The molecule has 0 N–H and O–H groups in total. The van der Waals surface area contributed by atoms with Gasteiger partial charge >= 0.3 is 0 Å². The first-order chi connectivity index (χ1) is 10.3. The van der Waals surface area contributed by atoms with E-state index in [-0.39, 0.29) is 5.92 Å². The maximum absolute atomic E-state index is 8.94. The van der Waals surface area contributed by atoms with Crippen molar-refractivity contribution in [3.63, 3.8) is 0 Å². The monoisotopic (exact) mass is 288 g/mol. The Morgan fingerprint density at radius 2 is 1.95 bits per heavy atom. The Morgan fingerprint density at radius 3 is 2.57 bits per heavy atom. The standard InChI is InChI=1S/C18H28N2O/c1-2-3-4-5-6-7-16-13-20-18(21-14-16)17-10-8-15(12-19)9-11-17/h13,15,17H,2-11,14H2,1H3. The van der Waals surface area contributed by atoms with Gasteiger partial charge in [0.2, 0.25) is 0 Å². The normalized spacial score (nSPS) is 25.5. The quantitative estimate of drug-likeness (QED) is 0.619. The Kier molecular flexibility index (Phi) is 6.79. The number of hydrogen-bond acceptors (Lipinski definition) is 3. The second-order valence-corrected chi connectivity index (χ2v) is 6.39. The summed E-state index contributed by atoms with van der Waals surface area (Å²) in [5.74, 6) is 1.61. The first kappa shape index (κ1) is 16.1. The number of nitrogens with zero attached hydrogens (tertiary/aromatic N) is 2. The van der Waals surface area contributed by atoms with Crippen molar-refractivity contribution in [3.8, 4) is 6.07 Å². The first-order valence-corrected chi connectivity index (χ1v) is 8.61. The minimum atomic E-state index is 0.250. The van der Waals surface area contributed by atoms with E-state index in [1.54, 1.807) is 0 Å². The van der Waals surface area contributed by atoms with E-state index in [2.05, 4.69) is 18.0 Å². The molecule has 116 valence electrons. The van der Waals surface area contributed by atoms with Gasteiger partial charge in [0.15, 0.2) is 5.90 Å². The van der Waals surface area contributed by atoms with E-state index in [9.17, 15) is 0 Å². The molecule has 3 heteroatoms. The van der Waals surface area contributed by atoms with Crippen molar-refractivity contribution in [1.29, 1.82) is 5.26 Å². The minimum absolute atomic E-state index is 0.250. The molecule has 0 saturated heterocycles. The molecule has 0 radical (unpaired) electrons. The number of hydrogen-bond donors (Lipinski definition) is 0. The van der Waals surface area contributed by atoms with Crippen molar-refractivity contribution < 1.29 is 4.74 Å². The van der Waals surface area contributed by atoms with Crippen molar-refractivity contribution in [2.75, 3.05) is 6.61 Å². The molecule has 0 aromatic carbocycles. The summed E-state index contributed by atoms with van der Waals surface area (Å²) in [6.45, 7) is 2.97. The van der Waals surface area contributed by atoms with Crippen LogP contribution in [0.2, 0.25) is 0 Å². The molecule has 1 aliphatic heterocycles. The summed E-state index contributed by atoms with van der Waals surface area (Å²) >= 11 is 0. The summed E-state index contributed by atoms with van der Waals surface area (Å²) in [5, 5.41) is 8.94. The average molecular weight is 288 g/mol. The smallest absolute Gasteiger partial charge is 0.191 e. The summed E-state index contributed by atoms with van der Waals surface area (Å²) in [7, 11) is 0. The molecule has 0 bridgehead atoms. The molecule has 21 heavy (non-hydrogen) atoms. The van der Waals surface area contributed by atoms with Crippen LogP contribution in [0.25, 0.3) is 0 Å². The number of unbranched alkanes of at least 4 members (excludes halogenated alkanes) is 4. The largest absolute Gasteiger partial charge is 0.476 e. The summed E-state index contributed by atoms with van der Waals surface area (Å²) < 4.78 is 5.88. The predicted molar refractivity (Wildman–Crippen MR) is 85.9 cm³/mol. The zero-order valence-electron chi connectivity index (χ0n) is 13.3. The van der Waals surface area contributed by atoms with Gasteiger partial charge in [-0.05, 0) is 44.1 Å². The molecule has 2 rings (SSSR count). The molecular formula is C18H28N2O. The van der Waals surface area contributed by atoms with Crippen molar-refractivity contribution in [3.05, 3.63) is 11.8 Å². The third-order valence-electron chi connectivity index (χ3n) is 4.64. The molecule has 2 aliphatic rings. The highest BCUT2D eigenvalue weighted by Gasteiger charge is 2.26. The molecule has 1 saturated carbocycles. The SMILES string of the molecule is CCCCCCCC1=CN=C(C2CCC(C#N)CC2)OC1. The van der Waals surface area contributed by atoms with Crippen LogP contribution in [0.3, 0.4) is 0 Å². The van der Waals surface area contributed by atoms with Crippen LogP contribution in [-0.2, 0) is 4.74 Å². The number of nitriles is 1. The van der Waals surface area contributed by atoms with E-state index in [0.717, 1.165) is 44.6 Å². The lowest BCUT2D eigenvalue weighted by Crippen LogP contribution is -2.25. The average Bonchev–Trinajstić information content (AvgIpc) is 2.55. The lowest BCUT2D eigenvalue weighted by molar-refractivity contribution is 0.268. The van der Waals surface area contributed by atoms with E-state index in [1.807, 2.05) is 6.20 Å². The number of ether oxygens (including phenoxy) is 1. The fourth-order valence-corrected chi connectivity index (χ4v) is 3.18. The fraction of sp³-hybridized carbons (Fsp3) is 0.778. The Balaban J connectivity index is 1.72. The van der Waals surface area contributed by atoms with Gasteiger partial charge in [0, 0.05) is 18.0 Å². The van der Waals surface area contributed by atoms with Crippen molar-refractivity contribution in [1.82, 2.24) is 0 Å². The molecule has 0 amide bonds. The van der Waals surface area contributed by atoms with Crippen LogP contribution in [-0.4, -0.2) is 12.5 Å². The molecule has 1 aliphatic carbocycles. The molecule has 3 nitrogen and oxygen atoms in total. The van der Waals surface area contributed by atoms with Crippen molar-refractivity contribution >= 4 is 5.90 Å². The number of rotatable bonds is 7. The Morgan fingerprint density at radius 1 is 1.19 bits per heavy atom. The van der Waals surface area contributed by atoms with Gasteiger partial charge in [-0.2, -0.15) is 5.26 Å². The van der Waals surface area contributed by atoms with E-state index in [4.69, 9.17) is 10.00 Å². The fourth-order valence-electron chi connectivity index (χ4n) is 3.18. The molecule has 0 aromatic heterocycles. The molecule has 1 heterocycles. The van der Waals surface area contributed by atoms with Crippen LogP contribution in [0.1, 0.15) is 71.1 Å². The molecule has 1 fully saturated rings. The molecule has 0 unspecified atom stereocenters. The van der Waals surface area contributed by atoms with Crippen LogP contribution in [0.5, 0.6) is 0 Å². The first-order valence-electron chi connectivity index (χ1n) is 8.61. The Hall–Kier alpha value is -1.30. The van der Waals surface area contributed by atoms with E-state index in [0.29, 0.717) is 5.92 Å². The zero-order chi connectivity index (χ0) is 14.9. The lowest BCUT2D eigenvalue weighted by Gasteiger charge is -2.27. The molecule has 0 spiro atoms.